The molecule has 2 heterocycles. The number of aliphatic carboxylic acids is 1. The number of H-pyrrole nitrogens is 1. The summed E-state index contributed by atoms with van der Waals surface area (Å²) in [7, 11) is 0. The zero-order valence-electron chi connectivity index (χ0n) is 18.2. The van der Waals surface area contributed by atoms with Gasteiger partial charge in [0.05, 0.1) is 34.7 Å². The number of halogens is 2. The standard InChI is InChI=1S/C25H22F2N4O3/c26-16-4-8-20-21(11-16)31-25(30-20)18-7-3-15(10-19(18)27)22-12-29-23(13-28-22)34-17-5-1-14(2-6-17)9-24(32)33/h3-4,7-8,10-14,17H,1-2,5-6,9H2,(H,30,31)(H,32,33)/t14-,17+. The van der Waals surface area contributed by atoms with Crippen LogP contribution in [0.1, 0.15) is 32.1 Å². The van der Waals surface area contributed by atoms with Gasteiger partial charge in [-0.1, -0.05) is 6.07 Å². The third kappa shape index (κ3) is 4.73. The van der Waals surface area contributed by atoms with E-state index in [1.165, 1.54) is 30.6 Å². The fourth-order valence-electron chi connectivity index (χ4n) is 4.37. The Balaban J connectivity index is 1.26. The van der Waals surface area contributed by atoms with Crippen LogP contribution in [0.3, 0.4) is 0 Å². The van der Waals surface area contributed by atoms with Crippen LogP contribution in [-0.2, 0) is 4.79 Å². The minimum absolute atomic E-state index is 0.0146. The van der Waals surface area contributed by atoms with Crippen molar-refractivity contribution < 1.29 is 23.4 Å². The Bertz CT molecular complexity index is 1330. The van der Waals surface area contributed by atoms with E-state index in [-0.39, 0.29) is 24.0 Å². The van der Waals surface area contributed by atoms with Crippen molar-refractivity contribution in [3.63, 3.8) is 0 Å². The number of benzene rings is 2. The number of imidazole rings is 1. The molecule has 9 heteroatoms. The topological polar surface area (TPSA) is 101 Å². The number of aromatic amines is 1. The molecule has 7 nitrogen and oxygen atoms in total. The fourth-order valence-corrected chi connectivity index (χ4v) is 4.37. The maximum atomic E-state index is 14.9. The second-order valence-electron chi connectivity index (χ2n) is 8.54. The van der Waals surface area contributed by atoms with Gasteiger partial charge in [0, 0.05) is 18.1 Å². The Hall–Kier alpha value is -3.88. The molecule has 34 heavy (non-hydrogen) atoms. The van der Waals surface area contributed by atoms with Crippen LogP contribution in [0.4, 0.5) is 8.78 Å². The number of aromatic nitrogens is 4. The molecule has 0 spiro atoms. The van der Waals surface area contributed by atoms with Gasteiger partial charge in [0.15, 0.2) is 0 Å². The number of nitrogens with zero attached hydrogens (tertiary/aromatic N) is 3. The summed E-state index contributed by atoms with van der Waals surface area (Å²) in [5, 5.41) is 8.93. The van der Waals surface area contributed by atoms with E-state index < -0.39 is 17.6 Å². The number of carboxylic acids is 1. The first-order chi connectivity index (χ1) is 16.4. The molecule has 1 aliphatic carbocycles. The summed E-state index contributed by atoms with van der Waals surface area (Å²) in [6.07, 6.45) is 6.42. The number of fused-ring (bicyclic) bond motifs is 1. The van der Waals surface area contributed by atoms with Crippen LogP contribution in [0.2, 0.25) is 0 Å². The summed E-state index contributed by atoms with van der Waals surface area (Å²) in [6, 6.07) is 8.86. The average molecular weight is 464 g/mol. The van der Waals surface area contributed by atoms with Crippen LogP contribution in [0, 0.1) is 17.6 Å². The Morgan fingerprint density at radius 1 is 1.06 bits per heavy atom. The summed E-state index contributed by atoms with van der Waals surface area (Å²) in [5.74, 6) is -0.752. The highest BCUT2D eigenvalue weighted by Crippen LogP contribution is 2.30. The van der Waals surface area contributed by atoms with Crippen LogP contribution in [0.25, 0.3) is 33.7 Å². The molecule has 0 atom stereocenters. The van der Waals surface area contributed by atoms with E-state index >= 15 is 0 Å². The van der Waals surface area contributed by atoms with E-state index in [0.29, 0.717) is 34.0 Å². The monoisotopic (exact) mass is 464 g/mol. The highest BCUT2D eigenvalue weighted by molar-refractivity contribution is 5.80. The number of carbonyl (C=O) groups is 1. The molecule has 0 aliphatic heterocycles. The molecule has 1 saturated carbocycles. The number of rotatable bonds is 6. The SMILES string of the molecule is O=C(O)C[C@H]1CC[C@@H](Oc2cnc(-c3ccc(-c4nc5cc(F)ccc5[nH]4)c(F)c3)cn2)CC1. The summed E-state index contributed by atoms with van der Waals surface area (Å²) in [6.45, 7) is 0. The maximum Gasteiger partial charge on any atom is 0.303 e. The summed E-state index contributed by atoms with van der Waals surface area (Å²) in [4.78, 5) is 26.8. The molecule has 0 saturated heterocycles. The molecule has 2 aromatic carbocycles. The molecular weight excluding hydrogens is 442 g/mol. The predicted octanol–water partition coefficient (Wildman–Crippen LogP) is 5.38. The van der Waals surface area contributed by atoms with Gasteiger partial charge in [-0.2, -0.15) is 0 Å². The zero-order chi connectivity index (χ0) is 23.7. The Labute approximate surface area is 193 Å². The fraction of sp³-hybridized carbons (Fsp3) is 0.280. The molecule has 174 valence electrons. The van der Waals surface area contributed by atoms with Crippen LogP contribution >= 0.6 is 0 Å². The predicted molar refractivity (Wildman–Crippen MR) is 121 cm³/mol. The number of hydrogen-bond acceptors (Lipinski definition) is 5. The molecule has 1 aliphatic rings. The third-order valence-electron chi connectivity index (χ3n) is 6.14. The van der Waals surface area contributed by atoms with Gasteiger partial charge >= 0.3 is 5.97 Å². The first kappa shape index (κ1) is 21.9. The van der Waals surface area contributed by atoms with E-state index in [2.05, 4.69) is 19.9 Å². The number of ether oxygens (including phenoxy) is 1. The van der Waals surface area contributed by atoms with Crippen LogP contribution in [-0.4, -0.2) is 37.1 Å². The lowest BCUT2D eigenvalue weighted by molar-refractivity contribution is -0.138. The van der Waals surface area contributed by atoms with E-state index in [1.807, 2.05) is 0 Å². The molecule has 0 radical (unpaired) electrons. The second-order valence-corrected chi connectivity index (χ2v) is 8.54. The minimum Gasteiger partial charge on any atom is -0.481 e. The molecule has 1 fully saturated rings. The lowest BCUT2D eigenvalue weighted by Crippen LogP contribution is -2.25. The normalized spacial score (nSPS) is 18.2. The summed E-state index contributed by atoms with van der Waals surface area (Å²) < 4.78 is 34.2. The largest absolute Gasteiger partial charge is 0.481 e. The second kappa shape index (κ2) is 9.17. The molecule has 0 bridgehead atoms. The number of carboxylic acid groups (broad SMARTS) is 1. The van der Waals surface area contributed by atoms with Gasteiger partial charge in [-0.05, 0) is 55.9 Å². The van der Waals surface area contributed by atoms with Crippen molar-refractivity contribution in [2.75, 3.05) is 0 Å². The Kier molecular flexibility index (Phi) is 5.91. The lowest BCUT2D eigenvalue weighted by Gasteiger charge is -2.27. The first-order valence-corrected chi connectivity index (χ1v) is 11.1. The van der Waals surface area contributed by atoms with Crippen molar-refractivity contribution in [2.45, 2.75) is 38.2 Å². The Morgan fingerprint density at radius 2 is 1.88 bits per heavy atom. The van der Waals surface area contributed by atoms with Crippen molar-refractivity contribution in [1.82, 2.24) is 19.9 Å². The molecule has 0 amide bonds. The van der Waals surface area contributed by atoms with E-state index in [9.17, 15) is 13.6 Å². The van der Waals surface area contributed by atoms with Crippen molar-refractivity contribution in [2.24, 2.45) is 5.92 Å². The molecule has 2 N–H and O–H groups in total. The van der Waals surface area contributed by atoms with Gasteiger partial charge in [-0.3, -0.25) is 4.79 Å². The number of hydrogen-bond donors (Lipinski definition) is 2. The highest BCUT2D eigenvalue weighted by Gasteiger charge is 2.24. The molecule has 5 rings (SSSR count). The van der Waals surface area contributed by atoms with Gasteiger partial charge in [0.2, 0.25) is 5.88 Å². The first-order valence-electron chi connectivity index (χ1n) is 11.1. The van der Waals surface area contributed by atoms with Crippen molar-refractivity contribution in [3.8, 4) is 28.5 Å². The minimum atomic E-state index is -0.761. The number of nitrogens with one attached hydrogen (secondary N) is 1. The lowest BCUT2D eigenvalue weighted by atomic mass is 9.85. The Morgan fingerprint density at radius 3 is 2.59 bits per heavy atom. The van der Waals surface area contributed by atoms with Crippen molar-refractivity contribution >= 4 is 17.0 Å². The molecule has 0 unspecified atom stereocenters. The zero-order valence-corrected chi connectivity index (χ0v) is 18.2. The van der Waals surface area contributed by atoms with Crippen molar-refractivity contribution in [1.29, 1.82) is 0 Å². The van der Waals surface area contributed by atoms with Gasteiger partial charge in [0.1, 0.15) is 23.6 Å². The van der Waals surface area contributed by atoms with Crippen molar-refractivity contribution in [3.05, 3.63) is 60.4 Å². The summed E-state index contributed by atoms with van der Waals surface area (Å²) in [5.41, 5.74) is 2.37. The quantitative estimate of drug-likeness (QED) is 0.397. The van der Waals surface area contributed by atoms with Gasteiger partial charge in [-0.25, -0.2) is 23.7 Å². The van der Waals surface area contributed by atoms with Gasteiger partial charge in [-0.15, -0.1) is 0 Å². The van der Waals surface area contributed by atoms with E-state index in [0.717, 1.165) is 25.7 Å². The van der Waals surface area contributed by atoms with Crippen LogP contribution < -0.4 is 4.74 Å². The highest BCUT2D eigenvalue weighted by atomic mass is 19.1. The smallest absolute Gasteiger partial charge is 0.303 e. The molecule has 4 aromatic rings. The summed E-state index contributed by atoms with van der Waals surface area (Å²) >= 11 is 0. The van der Waals surface area contributed by atoms with Crippen LogP contribution in [0.15, 0.2) is 48.8 Å². The average Bonchev–Trinajstić information content (AvgIpc) is 3.23. The van der Waals surface area contributed by atoms with Gasteiger partial charge < -0.3 is 14.8 Å². The maximum absolute atomic E-state index is 14.9. The van der Waals surface area contributed by atoms with E-state index in [1.54, 1.807) is 18.2 Å². The molecule has 2 aromatic heterocycles. The van der Waals surface area contributed by atoms with Crippen LogP contribution in [0.5, 0.6) is 5.88 Å². The molecular formula is C25H22F2N4O3. The third-order valence-corrected chi connectivity index (χ3v) is 6.14. The van der Waals surface area contributed by atoms with Gasteiger partial charge in [0.25, 0.3) is 0 Å². The van der Waals surface area contributed by atoms with E-state index in [4.69, 9.17) is 9.84 Å².